The smallest absolute Gasteiger partial charge is 0.339 e. The fourth-order valence-corrected chi connectivity index (χ4v) is 0.698. The van der Waals surface area contributed by atoms with Crippen molar-refractivity contribution in [2.75, 3.05) is 7.11 Å². The number of rotatable bonds is 3. The van der Waals surface area contributed by atoms with E-state index >= 15 is 0 Å². The number of aliphatic imine (C=N–C) groups is 1. The molecule has 0 heterocycles. The van der Waals surface area contributed by atoms with Crippen molar-refractivity contribution in [2.45, 2.75) is 13.8 Å². The third-order valence-electron chi connectivity index (χ3n) is 1.37. The van der Waals surface area contributed by atoms with Crippen molar-refractivity contribution in [1.82, 2.24) is 0 Å². The molecule has 0 radical (unpaired) electrons. The van der Waals surface area contributed by atoms with E-state index in [0.717, 1.165) is 0 Å². The van der Waals surface area contributed by atoms with Gasteiger partial charge in [-0.15, -0.1) is 0 Å². The minimum Gasteiger partial charge on any atom is -0.465 e. The van der Waals surface area contributed by atoms with Gasteiger partial charge in [0.2, 0.25) is 0 Å². The Hall–Kier alpha value is -1.38. The third kappa shape index (κ3) is 2.70. The van der Waals surface area contributed by atoms with E-state index in [9.17, 15) is 4.79 Å². The van der Waals surface area contributed by atoms with Gasteiger partial charge >= 0.3 is 5.97 Å². The quantitative estimate of drug-likeness (QED) is 0.278. The van der Waals surface area contributed by atoms with Crippen molar-refractivity contribution in [3.05, 3.63) is 23.4 Å². The molecule has 0 aromatic heterocycles. The first-order valence-electron chi connectivity index (χ1n) is 3.56. The number of hydrogen-bond donors (Lipinski definition) is 0. The van der Waals surface area contributed by atoms with E-state index in [0.29, 0.717) is 11.3 Å². The normalized spacial score (nSPS) is 12.6. The second kappa shape index (κ2) is 5.29. The van der Waals surface area contributed by atoms with Gasteiger partial charge in [0.1, 0.15) is 0 Å². The summed E-state index contributed by atoms with van der Waals surface area (Å²) >= 11 is 0. The molecular formula is C9H13NO2. The van der Waals surface area contributed by atoms with Crippen molar-refractivity contribution in [3.8, 4) is 0 Å². The summed E-state index contributed by atoms with van der Waals surface area (Å²) in [6, 6.07) is 0. The summed E-state index contributed by atoms with van der Waals surface area (Å²) in [5, 5.41) is 0. The highest BCUT2D eigenvalue weighted by Gasteiger charge is 2.08. The summed E-state index contributed by atoms with van der Waals surface area (Å²) in [5.74, 6) is -0.391. The van der Waals surface area contributed by atoms with Gasteiger partial charge in [0.25, 0.3) is 0 Å². The summed E-state index contributed by atoms with van der Waals surface area (Å²) in [5.41, 5.74) is 1.01. The van der Waals surface area contributed by atoms with Gasteiger partial charge in [-0.3, -0.25) is 4.99 Å². The zero-order chi connectivity index (χ0) is 9.56. The molecular weight excluding hydrogens is 154 g/mol. The number of carbonyl (C=O) groups is 1. The van der Waals surface area contributed by atoms with Crippen LogP contribution in [0.25, 0.3) is 0 Å². The lowest BCUT2D eigenvalue weighted by Crippen LogP contribution is -2.04. The molecule has 0 saturated carbocycles. The fourth-order valence-electron chi connectivity index (χ4n) is 0.698. The number of esters is 1. The molecule has 0 aliphatic heterocycles. The number of ether oxygens (including phenoxy) is 1. The maximum absolute atomic E-state index is 11.1. The standard InChI is InChI=1S/C9H13NO2/c1-5-6-8(7(2)10-3)9(11)12-4/h5-6H,3H2,1-2,4H3. The molecule has 0 spiro atoms. The van der Waals surface area contributed by atoms with Crippen LogP contribution in [0.3, 0.4) is 0 Å². The molecule has 0 bridgehead atoms. The molecule has 0 aromatic carbocycles. The third-order valence-corrected chi connectivity index (χ3v) is 1.37. The van der Waals surface area contributed by atoms with Crippen LogP contribution in [0.4, 0.5) is 0 Å². The molecule has 0 amide bonds. The average Bonchev–Trinajstić information content (AvgIpc) is 2.11. The van der Waals surface area contributed by atoms with Gasteiger partial charge in [-0.2, -0.15) is 0 Å². The molecule has 0 fully saturated rings. The Balaban J connectivity index is 4.90. The van der Waals surface area contributed by atoms with Crippen LogP contribution in [0.5, 0.6) is 0 Å². The number of methoxy groups -OCH3 is 1. The van der Waals surface area contributed by atoms with E-state index in [1.807, 2.05) is 6.92 Å². The Labute approximate surface area is 72.4 Å². The number of carbonyl (C=O) groups excluding carboxylic acids is 1. The zero-order valence-corrected chi connectivity index (χ0v) is 7.63. The first-order valence-corrected chi connectivity index (χ1v) is 3.56. The van der Waals surface area contributed by atoms with Gasteiger partial charge in [0.05, 0.1) is 18.4 Å². The molecule has 3 nitrogen and oxygen atoms in total. The lowest BCUT2D eigenvalue weighted by molar-refractivity contribution is -0.135. The number of hydrogen-bond acceptors (Lipinski definition) is 3. The van der Waals surface area contributed by atoms with Crippen molar-refractivity contribution in [1.29, 1.82) is 0 Å². The molecule has 0 N–H and O–H groups in total. The minimum absolute atomic E-state index is 0.391. The van der Waals surface area contributed by atoms with Crippen molar-refractivity contribution >= 4 is 12.7 Å². The van der Waals surface area contributed by atoms with Gasteiger partial charge in [0.15, 0.2) is 0 Å². The van der Waals surface area contributed by atoms with Crippen LogP contribution in [0.15, 0.2) is 28.4 Å². The molecule has 0 unspecified atom stereocenters. The number of nitrogens with zero attached hydrogens (tertiary/aromatic N) is 1. The molecule has 0 rings (SSSR count). The summed E-state index contributed by atoms with van der Waals surface area (Å²) in [6.45, 7) is 6.86. The maximum atomic E-state index is 11.1. The van der Waals surface area contributed by atoms with Crippen LogP contribution >= 0.6 is 0 Å². The Morgan fingerprint density at radius 2 is 2.17 bits per heavy atom. The average molecular weight is 167 g/mol. The maximum Gasteiger partial charge on any atom is 0.339 e. The summed E-state index contributed by atoms with van der Waals surface area (Å²) in [4.78, 5) is 14.7. The first-order chi connectivity index (χ1) is 5.67. The van der Waals surface area contributed by atoms with Crippen LogP contribution in [-0.2, 0) is 9.53 Å². The zero-order valence-electron chi connectivity index (χ0n) is 7.63. The molecule has 0 aliphatic rings. The van der Waals surface area contributed by atoms with E-state index in [2.05, 4.69) is 16.4 Å². The van der Waals surface area contributed by atoms with Crippen LogP contribution in [0.1, 0.15) is 13.8 Å². The van der Waals surface area contributed by atoms with E-state index in [1.165, 1.54) is 7.11 Å². The predicted molar refractivity (Wildman–Crippen MR) is 49.1 cm³/mol. The SMILES string of the molecule is C=NC(C)=C(C=CC)C(=O)OC. The largest absolute Gasteiger partial charge is 0.465 e. The summed E-state index contributed by atoms with van der Waals surface area (Å²) < 4.78 is 4.55. The highest BCUT2D eigenvalue weighted by molar-refractivity contribution is 5.92. The Kier molecular flexibility index (Phi) is 4.69. The lowest BCUT2D eigenvalue weighted by atomic mass is 10.2. The Morgan fingerprint density at radius 3 is 2.50 bits per heavy atom. The van der Waals surface area contributed by atoms with Crippen molar-refractivity contribution < 1.29 is 9.53 Å². The van der Waals surface area contributed by atoms with Gasteiger partial charge in [-0.25, -0.2) is 4.79 Å². The van der Waals surface area contributed by atoms with E-state index in [4.69, 9.17) is 0 Å². The predicted octanol–water partition coefficient (Wildman–Crippen LogP) is 1.71. The van der Waals surface area contributed by atoms with Crippen LogP contribution in [-0.4, -0.2) is 19.8 Å². The minimum atomic E-state index is -0.391. The highest BCUT2D eigenvalue weighted by Crippen LogP contribution is 2.08. The second-order valence-electron chi connectivity index (χ2n) is 2.15. The number of allylic oxidation sites excluding steroid dienone is 2. The highest BCUT2D eigenvalue weighted by atomic mass is 16.5. The molecule has 0 saturated heterocycles. The van der Waals surface area contributed by atoms with Crippen LogP contribution in [0.2, 0.25) is 0 Å². The second-order valence-corrected chi connectivity index (χ2v) is 2.15. The van der Waals surface area contributed by atoms with Gasteiger partial charge in [-0.1, -0.05) is 12.2 Å². The van der Waals surface area contributed by atoms with Gasteiger partial charge in [-0.05, 0) is 20.6 Å². The molecule has 0 aliphatic carbocycles. The Bertz CT molecular complexity index is 239. The van der Waals surface area contributed by atoms with E-state index < -0.39 is 5.97 Å². The molecule has 3 heteroatoms. The molecule has 0 atom stereocenters. The summed E-state index contributed by atoms with van der Waals surface area (Å²) in [7, 11) is 1.34. The van der Waals surface area contributed by atoms with Crippen LogP contribution < -0.4 is 0 Å². The van der Waals surface area contributed by atoms with Crippen LogP contribution in [0, 0.1) is 0 Å². The van der Waals surface area contributed by atoms with Gasteiger partial charge < -0.3 is 4.74 Å². The molecule has 12 heavy (non-hydrogen) atoms. The van der Waals surface area contributed by atoms with Crippen molar-refractivity contribution in [3.63, 3.8) is 0 Å². The topological polar surface area (TPSA) is 38.7 Å². The van der Waals surface area contributed by atoms with E-state index in [-0.39, 0.29) is 0 Å². The van der Waals surface area contributed by atoms with Crippen molar-refractivity contribution in [2.24, 2.45) is 4.99 Å². The lowest BCUT2D eigenvalue weighted by Gasteiger charge is -2.00. The first kappa shape index (κ1) is 10.6. The monoisotopic (exact) mass is 167 g/mol. The molecule has 0 aromatic rings. The Morgan fingerprint density at radius 1 is 1.58 bits per heavy atom. The summed E-state index contributed by atoms with van der Waals surface area (Å²) in [6.07, 6.45) is 3.40. The van der Waals surface area contributed by atoms with Gasteiger partial charge in [0, 0.05) is 0 Å². The fraction of sp³-hybridized carbons (Fsp3) is 0.333. The molecule has 66 valence electrons. The van der Waals surface area contributed by atoms with E-state index in [1.54, 1.807) is 19.1 Å².